The second kappa shape index (κ2) is 6.17. The first-order valence-corrected chi connectivity index (χ1v) is 4.59. The number of carbonyl (C=O) groups is 2. The predicted molar refractivity (Wildman–Crippen MR) is 63.1 cm³/mol. The fourth-order valence-corrected chi connectivity index (χ4v) is 0.883. The Kier molecular flexibility index (Phi) is 5.57. The standard InChI is InChI=1S/C10H13N3O3.ClH/c1-10(12,8(11)14)9(15)16-6-7-3-2-4-13-5-7;/h2-5H,6,12H2,1H3,(H2,11,14);1H/t10-;/m0./s1. The van der Waals surface area contributed by atoms with Gasteiger partial charge in [0, 0.05) is 18.0 Å². The van der Waals surface area contributed by atoms with Crippen molar-refractivity contribution in [3.8, 4) is 0 Å². The number of ether oxygens (including phenoxy) is 1. The highest BCUT2D eigenvalue weighted by Gasteiger charge is 2.36. The van der Waals surface area contributed by atoms with Crippen molar-refractivity contribution in [1.82, 2.24) is 4.98 Å². The van der Waals surface area contributed by atoms with Crippen molar-refractivity contribution in [2.45, 2.75) is 19.1 Å². The first-order valence-electron chi connectivity index (χ1n) is 4.59. The number of primary amides is 1. The van der Waals surface area contributed by atoms with E-state index < -0.39 is 17.4 Å². The number of aromatic nitrogens is 1. The summed E-state index contributed by atoms with van der Waals surface area (Å²) in [5, 5.41) is 0. The molecule has 0 aliphatic heterocycles. The summed E-state index contributed by atoms with van der Waals surface area (Å²) in [6, 6.07) is 3.44. The Morgan fingerprint density at radius 2 is 2.18 bits per heavy atom. The number of hydrogen-bond acceptors (Lipinski definition) is 5. The minimum Gasteiger partial charge on any atom is -0.459 e. The monoisotopic (exact) mass is 259 g/mol. The third-order valence-corrected chi connectivity index (χ3v) is 2.03. The van der Waals surface area contributed by atoms with Crippen molar-refractivity contribution in [1.29, 1.82) is 0 Å². The average Bonchev–Trinajstić information content (AvgIpc) is 2.27. The number of nitrogens with two attached hydrogens (primary N) is 2. The summed E-state index contributed by atoms with van der Waals surface area (Å²) >= 11 is 0. The molecule has 0 aliphatic rings. The van der Waals surface area contributed by atoms with Crippen LogP contribution >= 0.6 is 12.4 Å². The van der Waals surface area contributed by atoms with Crippen molar-refractivity contribution in [2.75, 3.05) is 0 Å². The lowest BCUT2D eigenvalue weighted by molar-refractivity contribution is -0.154. The highest BCUT2D eigenvalue weighted by atomic mass is 35.5. The van der Waals surface area contributed by atoms with Crippen LogP contribution in [0.25, 0.3) is 0 Å². The Morgan fingerprint density at radius 3 is 2.65 bits per heavy atom. The van der Waals surface area contributed by atoms with Crippen LogP contribution in [0.4, 0.5) is 0 Å². The van der Waals surface area contributed by atoms with Gasteiger partial charge in [0.1, 0.15) is 6.61 Å². The smallest absolute Gasteiger partial charge is 0.335 e. The van der Waals surface area contributed by atoms with E-state index in [0.29, 0.717) is 5.56 Å². The normalized spacial score (nSPS) is 13.1. The first kappa shape index (κ1) is 15.3. The number of nitrogens with zero attached hydrogens (tertiary/aromatic N) is 1. The average molecular weight is 260 g/mol. The fraction of sp³-hybridized carbons (Fsp3) is 0.300. The Hall–Kier alpha value is -1.66. The van der Waals surface area contributed by atoms with E-state index in [9.17, 15) is 9.59 Å². The molecule has 1 aromatic heterocycles. The van der Waals surface area contributed by atoms with Crippen LogP contribution in [-0.4, -0.2) is 22.4 Å². The molecule has 0 spiro atoms. The number of pyridine rings is 1. The Morgan fingerprint density at radius 1 is 1.53 bits per heavy atom. The van der Waals surface area contributed by atoms with E-state index in [1.165, 1.54) is 6.92 Å². The number of esters is 1. The molecule has 1 atom stereocenters. The largest absolute Gasteiger partial charge is 0.459 e. The molecule has 6 nitrogen and oxygen atoms in total. The number of amides is 1. The maximum Gasteiger partial charge on any atom is 0.335 e. The van der Waals surface area contributed by atoms with Gasteiger partial charge in [-0.3, -0.25) is 9.78 Å². The molecule has 4 N–H and O–H groups in total. The van der Waals surface area contributed by atoms with Crippen molar-refractivity contribution in [2.24, 2.45) is 11.5 Å². The van der Waals surface area contributed by atoms with Crippen LogP contribution in [0.1, 0.15) is 12.5 Å². The predicted octanol–water partition coefficient (Wildman–Crippen LogP) is -0.251. The van der Waals surface area contributed by atoms with Gasteiger partial charge in [0.25, 0.3) is 0 Å². The van der Waals surface area contributed by atoms with Gasteiger partial charge in [-0.25, -0.2) is 4.79 Å². The van der Waals surface area contributed by atoms with E-state index in [-0.39, 0.29) is 19.0 Å². The summed E-state index contributed by atoms with van der Waals surface area (Å²) in [7, 11) is 0. The minimum absolute atomic E-state index is 0. The maximum absolute atomic E-state index is 11.4. The van der Waals surface area contributed by atoms with E-state index >= 15 is 0 Å². The van der Waals surface area contributed by atoms with Gasteiger partial charge in [-0.05, 0) is 13.0 Å². The Balaban J connectivity index is 0.00000256. The summed E-state index contributed by atoms with van der Waals surface area (Å²) in [5.41, 5.74) is 9.27. The second-order valence-electron chi connectivity index (χ2n) is 3.50. The lowest BCUT2D eigenvalue weighted by Gasteiger charge is -2.18. The molecule has 0 unspecified atom stereocenters. The van der Waals surface area contributed by atoms with Crippen molar-refractivity contribution < 1.29 is 14.3 Å². The Labute approximate surface area is 105 Å². The van der Waals surface area contributed by atoms with Gasteiger partial charge in [0.2, 0.25) is 5.91 Å². The summed E-state index contributed by atoms with van der Waals surface area (Å²) < 4.78 is 4.85. The van der Waals surface area contributed by atoms with Crippen LogP contribution in [0.15, 0.2) is 24.5 Å². The van der Waals surface area contributed by atoms with Gasteiger partial charge < -0.3 is 16.2 Å². The molecule has 1 amide bonds. The number of rotatable bonds is 4. The number of carbonyl (C=O) groups excluding carboxylic acids is 2. The molecule has 17 heavy (non-hydrogen) atoms. The van der Waals surface area contributed by atoms with Crippen molar-refractivity contribution in [3.63, 3.8) is 0 Å². The zero-order valence-electron chi connectivity index (χ0n) is 9.25. The number of halogens is 1. The molecule has 0 saturated heterocycles. The SMILES string of the molecule is C[C@](N)(C(N)=O)C(=O)OCc1cccnc1.Cl. The molecule has 0 bridgehead atoms. The van der Waals surface area contributed by atoms with Crippen LogP contribution < -0.4 is 11.5 Å². The molecule has 0 fully saturated rings. The third-order valence-electron chi connectivity index (χ3n) is 2.03. The van der Waals surface area contributed by atoms with E-state index in [0.717, 1.165) is 0 Å². The molecule has 1 rings (SSSR count). The van der Waals surface area contributed by atoms with Crippen LogP contribution in [0.2, 0.25) is 0 Å². The molecule has 94 valence electrons. The van der Waals surface area contributed by atoms with Gasteiger partial charge in [-0.15, -0.1) is 12.4 Å². The fourth-order valence-electron chi connectivity index (χ4n) is 0.883. The van der Waals surface area contributed by atoms with Crippen LogP contribution in [0, 0.1) is 0 Å². The molecule has 1 aromatic rings. The molecule has 0 aliphatic carbocycles. The molecule has 7 heteroatoms. The van der Waals surface area contributed by atoms with E-state index in [1.54, 1.807) is 24.5 Å². The summed E-state index contributed by atoms with van der Waals surface area (Å²) in [4.78, 5) is 26.1. The van der Waals surface area contributed by atoms with Crippen molar-refractivity contribution >= 4 is 24.3 Å². The van der Waals surface area contributed by atoms with Crippen molar-refractivity contribution in [3.05, 3.63) is 30.1 Å². The van der Waals surface area contributed by atoms with Crippen LogP contribution in [0.3, 0.4) is 0 Å². The summed E-state index contributed by atoms with van der Waals surface area (Å²) in [6.45, 7) is 1.22. The summed E-state index contributed by atoms with van der Waals surface area (Å²) in [6.07, 6.45) is 3.15. The lowest BCUT2D eigenvalue weighted by atomic mass is 10.0. The number of hydrogen-bond donors (Lipinski definition) is 2. The van der Waals surface area contributed by atoms with E-state index in [4.69, 9.17) is 16.2 Å². The molecule has 0 radical (unpaired) electrons. The van der Waals surface area contributed by atoms with Crippen LogP contribution in [-0.2, 0) is 20.9 Å². The molecular formula is C10H14ClN3O3. The molecule has 0 aromatic carbocycles. The van der Waals surface area contributed by atoms with Gasteiger partial charge in [-0.2, -0.15) is 0 Å². The van der Waals surface area contributed by atoms with Gasteiger partial charge >= 0.3 is 5.97 Å². The zero-order chi connectivity index (χ0) is 12.2. The highest BCUT2D eigenvalue weighted by Crippen LogP contribution is 2.05. The molecule has 0 saturated carbocycles. The minimum atomic E-state index is -1.80. The van der Waals surface area contributed by atoms with E-state index in [1.807, 2.05) is 0 Å². The maximum atomic E-state index is 11.4. The summed E-state index contributed by atoms with van der Waals surface area (Å²) in [5.74, 6) is -1.78. The van der Waals surface area contributed by atoms with Gasteiger partial charge in [-0.1, -0.05) is 6.07 Å². The topological polar surface area (TPSA) is 108 Å². The lowest BCUT2D eigenvalue weighted by Crippen LogP contribution is -2.56. The highest BCUT2D eigenvalue weighted by molar-refractivity contribution is 6.05. The molecule has 1 heterocycles. The van der Waals surface area contributed by atoms with Gasteiger partial charge in [0.05, 0.1) is 0 Å². The van der Waals surface area contributed by atoms with Crippen LogP contribution in [0.5, 0.6) is 0 Å². The quantitative estimate of drug-likeness (QED) is 0.572. The second-order valence-corrected chi connectivity index (χ2v) is 3.50. The zero-order valence-corrected chi connectivity index (χ0v) is 10.1. The van der Waals surface area contributed by atoms with E-state index in [2.05, 4.69) is 4.98 Å². The van der Waals surface area contributed by atoms with Gasteiger partial charge in [0.15, 0.2) is 5.54 Å². The third kappa shape index (κ3) is 4.01. The first-order chi connectivity index (χ1) is 7.44. The Bertz CT molecular complexity index is 395. The molecular weight excluding hydrogens is 246 g/mol.